The maximum absolute atomic E-state index is 13.0. The van der Waals surface area contributed by atoms with Gasteiger partial charge in [-0.2, -0.15) is 0 Å². The standard InChI is InChI=1S/C16H29N3O3/c1-12(2)4-7-16(13-5-8-17-9-6-13)14(21)19(10-3-11-20)15(22)18-16/h12-13,17,20H,3-11H2,1-2H3,(H,18,22)/t16-/m1/s1. The Hall–Kier alpha value is -1.14. The van der Waals surface area contributed by atoms with Crippen LogP contribution >= 0.6 is 0 Å². The molecule has 0 aromatic heterocycles. The summed E-state index contributed by atoms with van der Waals surface area (Å²) in [5.74, 6) is 0.608. The van der Waals surface area contributed by atoms with E-state index in [1.54, 1.807) is 0 Å². The third-order valence-electron chi connectivity index (χ3n) is 4.89. The summed E-state index contributed by atoms with van der Waals surface area (Å²) in [4.78, 5) is 26.6. The van der Waals surface area contributed by atoms with E-state index in [-0.39, 0.29) is 24.5 Å². The number of hydrogen-bond donors (Lipinski definition) is 3. The summed E-state index contributed by atoms with van der Waals surface area (Å²) in [6.45, 7) is 6.36. The number of hydrogen-bond acceptors (Lipinski definition) is 4. The molecule has 0 radical (unpaired) electrons. The van der Waals surface area contributed by atoms with Crippen molar-refractivity contribution in [2.75, 3.05) is 26.2 Å². The summed E-state index contributed by atoms with van der Waals surface area (Å²) in [5.41, 5.74) is -0.737. The van der Waals surface area contributed by atoms with Crippen LogP contribution in [0, 0.1) is 11.8 Å². The predicted molar refractivity (Wildman–Crippen MR) is 84.3 cm³/mol. The van der Waals surface area contributed by atoms with E-state index in [4.69, 9.17) is 5.11 Å². The molecule has 0 saturated carbocycles. The Morgan fingerprint density at radius 2 is 2.00 bits per heavy atom. The highest BCUT2D eigenvalue weighted by molar-refractivity contribution is 6.07. The number of piperidine rings is 1. The first-order valence-corrected chi connectivity index (χ1v) is 8.47. The van der Waals surface area contributed by atoms with Crippen LogP contribution in [-0.4, -0.2) is 53.7 Å². The number of rotatable bonds is 7. The number of amides is 3. The summed E-state index contributed by atoms with van der Waals surface area (Å²) in [5, 5.41) is 15.3. The van der Waals surface area contributed by atoms with Gasteiger partial charge in [0.1, 0.15) is 5.54 Å². The number of aliphatic hydroxyl groups excluding tert-OH is 1. The molecule has 2 fully saturated rings. The van der Waals surface area contributed by atoms with Gasteiger partial charge >= 0.3 is 6.03 Å². The van der Waals surface area contributed by atoms with Crippen LogP contribution in [-0.2, 0) is 4.79 Å². The Morgan fingerprint density at radius 3 is 2.59 bits per heavy atom. The molecule has 2 rings (SSSR count). The first-order valence-electron chi connectivity index (χ1n) is 8.47. The third-order valence-corrected chi connectivity index (χ3v) is 4.89. The van der Waals surface area contributed by atoms with Gasteiger partial charge in [-0.25, -0.2) is 4.79 Å². The fraction of sp³-hybridized carbons (Fsp3) is 0.875. The molecule has 2 aliphatic heterocycles. The Kier molecular flexibility index (Phi) is 5.81. The quantitative estimate of drug-likeness (QED) is 0.615. The van der Waals surface area contributed by atoms with Gasteiger partial charge in [0.05, 0.1) is 0 Å². The summed E-state index contributed by atoms with van der Waals surface area (Å²) >= 11 is 0. The minimum Gasteiger partial charge on any atom is -0.396 e. The molecule has 1 atom stereocenters. The number of nitrogens with zero attached hydrogens (tertiary/aromatic N) is 1. The zero-order chi connectivity index (χ0) is 16.2. The second-order valence-corrected chi connectivity index (χ2v) is 6.89. The summed E-state index contributed by atoms with van der Waals surface area (Å²) in [7, 11) is 0. The Morgan fingerprint density at radius 1 is 1.32 bits per heavy atom. The second kappa shape index (κ2) is 7.42. The molecule has 0 aromatic rings. The van der Waals surface area contributed by atoms with Gasteiger partial charge in [-0.1, -0.05) is 13.8 Å². The molecule has 3 N–H and O–H groups in total. The predicted octanol–water partition coefficient (Wildman–Crippen LogP) is 1.10. The van der Waals surface area contributed by atoms with Crippen LogP contribution in [0.25, 0.3) is 0 Å². The average Bonchev–Trinajstić information content (AvgIpc) is 2.76. The minimum absolute atomic E-state index is 0.0105. The number of carbonyl (C=O) groups is 2. The molecule has 0 aromatic carbocycles. The van der Waals surface area contributed by atoms with E-state index >= 15 is 0 Å². The summed E-state index contributed by atoms with van der Waals surface area (Å²) in [6, 6.07) is -0.291. The highest BCUT2D eigenvalue weighted by atomic mass is 16.3. The Bertz CT molecular complexity index is 407. The first-order chi connectivity index (χ1) is 10.5. The molecule has 6 nitrogen and oxygen atoms in total. The average molecular weight is 311 g/mol. The van der Waals surface area contributed by atoms with Gasteiger partial charge in [0.2, 0.25) is 0 Å². The molecule has 6 heteroatoms. The van der Waals surface area contributed by atoms with Crippen molar-refractivity contribution in [2.24, 2.45) is 11.8 Å². The molecule has 2 aliphatic rings. The van der Waals surface area contributed by atoms with E-state index < -0.39 is 5.54 Å². The van der Waals surface area contributed by atoms with Crippen LogP contribution < -0.4 is 10.6 Å². The Balaban J connectivity index is 2.20. The van der Waals surface area contributed by atoms with Crippen LogP contribution in [0.15, 0.2) is 0 Å². The molecule has 0 aliphatic carbocycles. The number of aliphatic hydroxyl groups is 1. The molecule has 3 amide bonds. The van der Waals surface area contributed by atoms with Crippen molar-refractivity contribution in [1.29, 1.82) is 0 Å². The lowest BCUT2D eigenvalue weighted by Crippen LogP contribution is -2.56. The SMILES string of the molecule is CC(C)CC[C@]1(C2CCNCC2)NC(=O)N(CCCO)C1=O. The largest absolute Gasteiger partial charge is 0.396 e. The maximum Gasteiger partial charge on any atom is 0.325 e. The normalized spacial score (nSPS) is 26.8. The fourth-order valence-electron chi connectivity index (χ4n) is 3.56. The van der Waals surface area contributed by atoms with Crippen LogP contribution in [0.5, 0.6) is 0 Å². The van der Waals surface area contributed by atoms with Crippen LogP contribution in [0.1, 0.15) is 46.0 Å². The van der Waals surface area contributed by atoms with Crippen molar-refractivity contribution in [3.05, 3.63) is 0 Å². The number of imide groups is 1. The maximum atomic E-state index is 13.0. The van der Waals surface area contributed by atoms with E-state index in [9.17, 15) is 9.59 Å². The fourth-order valence-corrected chi connectivity index (χ4v) is 3.56. The van der Waals surface area contributed by atoms with Crippen molar-refractivity contribution in [3.8, 4) is 0 Å². The minimum atomic E-state index is -0.737. The van der Waals surface area contributed by atoms with E-state index in [0.717, 1.165) is 32.4 Å². The molecule has 0 unspecified atom stereocenters. The second-order valence-electron chi connectivity index (χ2n) is 6.89. The van der Waals surface area contributed by atoms with Gasteiger partial charge in [0.25, 0.3) is 5.91 Å². The zero-order valence-corrected chi connectivity index (χ0v) is 13.7. The van der Waals surface area contributed by atoms with Gasteiger partial charge in [-0.15, -0.1) is 0 Å². The lowest BCUT2D eigenvalue weighted by Gasteiger charge is -2.38. The molecule has 2 saturated heterocycles. The number of nitrogens with one attached hydrogen (secondary N) is 2. The van der Waals surface area contributed by atoms with Crippen LogP contribution in [0.3, 0.4) is 0 Å². The summed E-state index contributed by atoms with van der Waals surface area (Å²) in [6.07, 6.45) is 3.89. The molecule has 22 heavy (non-hydrogen) atoms. The number of carbonyl (C=O) groups excluding carboxylic acids is 2. The van der Waals surface area contributed by atoms with Crippen molar-refractivity contribution in [1.82, 2.24) is 15.5 Å². The van der Waals surface area contributed by atoms with Gasteiger partial charge in [-0.05, 0) is 57.0 Å². The van der Waals surface area contributed by atoms with Crippen LogP contribution in [0.4, 0.5) is 4.79 Å². The van der Waals surface area contributed by atoms with Gasteiger partial charge < -0.3 is 15.7 Å². The number of urea groups is 1. The van der Waals surface area contributed by atoms with Gasteiger partial charge in [0, 0.05) is 13.2 Å². The van der Waals surface area contributed by atoms with Gasteiger partial charge in [0.15, 0.2) is 0 Å². The van der Waals surface area contributed by atoms with Crippen molar-refractivity contribution >= 4 is 11.9 Å². The smallest absolute Gasteiger partial charge is 0.325 e. The molecule has 126 valence electrons. The van der Waals surface area contributed by atoms with Crippen LogP contribution in [0.2, 0.25) is 0 Å². The molecular weight excluding hydrogens is 282 g/mol. The first kappa shape index (κ1) is 17.2. The highest BCUT2D eigenvalue weighted by Crippen LogP contribution is 2.36. The van der Waals surface area contributed by atoms with E-state index in [1.165, 1.54) is 4.90 Å². The van der Waals surface area contributed by atoms with Gasteiger partial charge in [-0.3, -0.25) is 9.69 Å². The molecule has 2 heterocycles. The van der Waals surface area contributed by atoms with E-state index in [2.05, 4.69) is 24.5 Å². The molecule has 0 spiro atoms. The monoisotopic (exact) mass is 311 g/mol. The topological polar surface area (TPSA) is 81.7 Å². The van der Waals surface area contributed by atoms with Crippen molar-refractivity contribution < 1.29 is 14.7 Å². The lowest BCUT2D eigenvalue weighted by atomic mass is 9.74. The summed E-state index contributed by atoms with van der Waals surface area (Å²) < 4.78 is 0. The van der Waals surface area contributed by atoms with Crippen molar-refractivity contribution in [2.45, 2.75) is 51.5 Å². The van der Waals surface area contributed by atoms with Crippen molar-refractivity contribution in [3.63, 3.8) is 0 Å². The van der Waals surface area contributed by atoms with E-state index in [1.807, 2.05) is 0 Å². The zero-order valence-electron chi connectivity index (χ0n) is 13.7. The Labute approximate surface area is 132 Å². The molecular formula is C16H29N3O3. The lowest BCUT2D eigenvalue weighted by molar-refractivity contribution is -0.134. The molecule has 0 bridgehead atoms. The van der Waals surface area contributed by atoms with E-state index in [0.29, 0.717) is 25.3 Å². The third kappa shape index (κ3) is 3.43. The highest BCUT2D eigenvalue weighted by Gasteiger charge is 2.54.